The van der Waals surface area contributed by atoms with Gasteiger partial charge in [0.05, 0.1) is 0 Å². The largest absolute Gasteiger partial charge is 0.356 e. The lowest BCUT2D eigenvalue weighted by Crippen LogP contribution is -2.41. The molecule has 90 valence electrons. The second-order valence-electron chi connectivity index (χ2n) is 3.78. The van der Waals surface area contributed by atoms with E-state index in [1.807, 2.05) is 6.07 Å². The molecular weight excluding hydrogens is 247 g/mol. The molecule has 1 saturated heterocycles. The van der Waals surface area contributed by atoms with Gasteiger partial charge in [0, 0.05) is 19.3 Å². The van der Waals surface area contributed by atoms with E-state index in [2.05, 4.69) is 27.2 Å². The summed E-state index contributed by atoms with van der Waals surface area (Å²) in [7, 11) is 2.06. The number of hydrogen-bond acceptors (Lipinski definition) is 4. The van der Waals surface area contributed by atoms with Gasteiger partial charge in [0.2, 0.25) is 5.28 Å². The molecule has 0 saturated carbocycles. The quantitative estimate of drug-likeness (QED) is 0.825. The molecule has 1 fully saturated rings. The third-order valence-corrected chi connectivity index (χ3v) is 3.01. The minimum Gasteiger partial charge on any atom is -0.356 e. The highest BCUT2D eigenvalue weighted by Crippen LogP contribution is 2.18. The van der Waals surface area contributed by atoms with Gasteiger partial charge in [-0.3, -0.25) is 0 Å². The highest BCUT2D eigenvalue weighted by atomic mass is 35.5. The second-order valence-corrected chi connectivity index (χ2v) is 4.11. The first-order chi connectivity index (χ1) is 7.27. The maximum atomic E-state index is 5.77. The van der Waals surface area contributed by atoms with E-state index >= 15 is 0 Å². The average molecular weight is 263 g/mol. The fraction of sp³-hybridized carbons (Fsp3) is 0.600. The molecule has 0 amide bonds. The Kier molecular flexibility index (Phi) is 5.25. The Balaban J connectivity index is 0.00000128. The Morgan fingerprint density at radius 1 is 1.44 bits per heavy atom. The zero-order valence-electron chi connectivity index (χ0n) is 9.19. The maximum Gasteiger partial charge on any atom is 0.224 e. The van der Waals surface area contributed by atoms with Crippen LogP contribution in [0.15, 0.2) is 12.3 Å². The van der Waals surface area contributed by atoms with E-state index in [-0.39, 0.29) is 12.4 Å². The van der Waals surface area contributed by atoms with Crippen molar-refractivity contribution < 1.29 is 0 Å². The standard InChI is InChI=1S/C10H15ClN4.ClH/c1-15(8-2-5-12-6-3-8)9-4-7-13-10(11)14-9;/h4,7-8,12H,2-3,5-6H2,1H3;1H. The van der Waals surface area contributed by atoms with Crippen molar-refractivity contribution in [3.05, 3.63) is 17.5 Å². The average Bonchev–Trinajstić information content (AvgIpc) is 2.29. The fourth-order valence-electron chi connectivity index (χ4n) is 1.90. The molecule has 1 aromatic heterocycles. The molecule has 2 rings (SSSR count). The van der Waals surface area contributed by atoms with E-state index in [1.165, 1.54) is 0 Å². The molecule has 0 aliphatic carbocycles. The Labute approximate surface area is 107 Å². The summed E-state index contributed by atoms with van der Waals surface area (Å²) in [5, 5.41) is 3.66. The van der Waals surface area contributed by atoms with Crippen molar-refractivity contribution in [3.8, 4) is 0 Å². The van der Waals surface area contributed by atoms with Crippen LogP contribution in [0.4, 0.5) is 5.82 Å². The number of piperidine rings is 1. The van der Waals surface area contributed by atoms with E-state index in [9.17, 15) is 0 Å². The van der Waals surface area contributed by atoms with Crippen LogP contribution in [0.3, 0.4) is 0 Å². The Hall–Kier alpha value is -0.580. The van der Waals surface area contributed by atoms with Crippen molar-refractivity contribution in [3.63, 3.8) is 0 Å². The third-order valence-electron chi connectivity index (χ3n) is 2.83. The summed E-state index contributed by atoms with van der Waals surface area (Å²) in [5.41, 5.74) is 0. The lowest BCUT2D eigenvalue weighted by Gasteiger charge is -2.32. The van der Waals surface area contributed by atoms with Crippen LogP contribution in [0, 0.1) is 0 Å². The smallest absolute Gasteiger partial charge is 0.224 e. The molecule has 1 aromatic rings. The van der Waals surface area contributed by atoms with Crippen molar-refractivity contribution in [2.45, 2.75) is 18.9 Å². The van der Waals surface area contributed by atoms with Crippen molar-refractivity contribution in [2.75, 3.05) is 25.0 Å². The van der Waals surface area contributed by atoms with Gasteiger partial charge >= 0.3 is 0 Å². The number of rotatable bonds is 2. The minimum absolute atomic E-state index is 0. The summed E-state index contributed by atoms with van der Waals surface area (Å²) in [4.78, 5) is 10.3. The summed E-state index contributed by atoms with van der Waals surface area (Å²) in [6.07, 6.45) is 4.00. The summed E-state index contributed by atoms with van der Waals surface area (Å²) in [6, 6.07) is 2.45. The predicted octanol–water partition coefficient (Wildman–Crippen LogP) is 1.74. The topological polar surface area (TPSA) is 41.1 Å². The first kappa shape index (κ1) is 13.5. The van der Waals surface area contributed by atoms with Gasteiger partial charge in [-0.15, -0.1) is 12.4 Å². The van der Waals surface area contributed by atoms with E-state index in [0.29, 0.717) is 11.3 Å². The van der Waals surface area contributed by atoms with E-state index < -0.39 is 0 Å². The van der Waals surface area contributed by atoms with Gasteiger partial charge in [-0.05, 0) is 43.6 Å². The highest BCUT2D eigenvalue weighted by molar-refractivity contribution is 6.28. The van der Waals surface area contributed by atoms with Crippen LogP contribution in [0.1, 0.15) is 12.8 Å². The zero-order chi connectivity index (χ0) is 10.7. The molecule has 0 bridgehead atoms. The Morgan fingerprint density at radius 3 is 2.75 bits per heavy atom. The number of halogens is 2. The number of nitrogens with zero attached hydrogens (tertiary/aromatic N) is 3. The van der Waals surface area contributed by atoms with Crippen LogP contribution in [0.5, 0.6) is 0 Å². The molecule has 6 heteroatoms. The van der Waals surface area contributed by atoms with Crippen LogP contribution in [-0.4, -0.2) is 36.1 Å². The van der Waals surface area contributed by atoms with E-state index in [0.717, 1.165) is 31.7 Å². The molecule has 2 heterocycles. The van der Waals surface area contributed by atoms with Crippen LogP contribution in [0.25, 0.3) is 0 Å². The monoisotopic (exact) mass is 262 g/mol. The molecule has 0 spiro atoms. The van der Waals surface area contributed by atoms with Gasteiger partial charge in [0.25, 0.3) is 0 Å². The molecule has 16 heavy (non-hydrogen) atoms. The molecule has 1 N–H and O–H groups in total. The number of nitrogens with one attached hydrogen (secondary N) is 1. The molecule has 0 aromatic carbocycles. The lowest BCUT2D eigenvalue weighted by atomic mass is 10.1. The van der Waals surface area contributed by atoms with Gasteiger partial charge in [0.15, 0.2) is 0 Å². The summed E-state index contributed by atoms with van der Waals surface area (Å²) in [6.45, 7) is 2.15. The van der Waals surface area contributed by atoms with E-state index in [1.54, 1.807) is 6.20 Å². The number of hydrogen-bond donors (Lipinski definition) is 1. The normalized spacial score (nSPS) is 16.6. The summed E-state index contributed by atoms with van der Waals surface area (Å²) < 4.78 is 0. The second kappa shape index (κ2) is 6.23. The summed E-state index contributed by atoms with van der Waals surface area (Å²) >= 11 is 5.77. The first-order valence-corrected chi connectivity index (χ1v) is 5.57. The van der Waals surface area contributed by atoms with Crippen molar-refractivity contribution >= 4 is 29.8 Å². The SMILES string of the molecule is CN(c1ccnc(Cl)n1)C1CCNCC1.Cl. The van der Waals surface area contributed by atoms with Crippen molar-refractivity contribution in [1.82, 2.24) is 15.3 Å². The van der Waals surface area contributed by atoms with Crippen LogP contribution in [0.2, 0.25) is 5.28 Å². The van der Waals surface area contributed by atoms with Crippen LogP contribution in [-0.2, 0) is 0 Å². The van der Waals surface area contributed by atoms with Crippen LogP contribution < -0.4 is 10.2 Å². The van der Waals surface area contributed by atoms with Gasteiger partial charge < -0.3 is 10.2 Å². The first-order valence-electron chi connectivity index (χ1n) is 5.19. The fourth-order valence-corrected chi connectivity index (χ4v) is 2.05. The summed E-state index contributed by atoms with van der Waals surface area (Å²) in [5.74, 6) is 0.905. The van der Waals surface area contributed by atoms with E-state index in [4.69, 9.17) is 11.6 Å². The minimum atomic E-state index is 0. The van der Waals surface area contributed by atoms with Crippen LogP contribution >= 0.6 is 24.0 Å². The third kappa shape index (κ3) is 3.20. The molecule has 1 aliphatic rings. The molecular formula is C10H16Cl2N4. The zero-order valence-corrected chi connectivity index (χ0v) is 10.8. The van der Waals surface area contributed by atoms with Gasteiger partial charge in [-0.2, -0.15) is 0 Å². The van der Waals surface area contributed by atoms with Crippen molar-refractivity contribution in [2.24, 2.45) is 0 Å². The maximum absolute atomic E-state index is 5.77. The van der Waals surface area contributed by atoms with Gasteiger partial charge in [0.1, 0.15) is 5.82 Å². The lowest BCUT2D eigenvalue weighted by molar-refractivity contribution is 0.441. The Bertz CT molecular complexity index is 328. The van der Waals surface area contributed by atoms with Gasteiger partial charge in [-0.25, -0.2) is 9.97 Å². The molecule has 0 atom stereocenters. The molecule has 4 nitrogen and oxygen atoms in total. The number of aromatic nitrogens is 2. The molecule has 1 aliphatic heterocycles. The number of anilines is 1. The molecule has 0 radical (unpaired) electrons. The highest BCUT2D eigenvalue weighted by Gasteiger charge is 2.18. The molecule has 0 unspecified atom stereocenters. The predicted molar refractivity (Wildman–Crippen MR) is 68.6 cm³/mol. The van der Waals surface area contributed by atoms with Gasteiger partial charge in [-0.1, -0.05) is 0 Å². The Morgan fingerprint density at radius 2 is 2.12 bits per heavy atom. The van der Waals surface area contributed by atoms with Crippen molar-refractivity contribution in [1.29, 1.82) is 0 Å².